The van der Waals surface area contributed by atoms with Crippen molar-refractivity contribution in [1.29, 1.82) is 5.26 Å². The topological polar surface area (TPSA) is 70.8 Å². The Bertz CT molecular complexity index is 476. The van der Waals surface area contributed by atoms with Crippen molar-refractivity contribution in [2.45, 2.75) is 4.90 Å². The van der Waals surface area contributed by atoms with Crippen LogP contribution in [0.5, 0.6) is 0 Å². The molecular weight excluding hydrogens is 212 g/mol. The van der Waals surface area contributed by atoms with Gasteiger partial charge in [-0.15, -0.1) is 0 Å². The molecule has 0 bridgehead atoms. The first-order valence-electron chi connectivity index (χ1n) is 3.20. The molecule has 4 nitrogen and oxygen atoms in total. The van der Waals surface area contributed by atoms with Crippen LogP contribution < -0.4 is 0 Å². The van der Waals surface area contributed by atoms with E-state index in [-0.39, 0.29) is 15.5 Å². The van der Waals surface area contributed by atoms with Crippen molar-refractivity contribution >= 4 is 21.4 Å². The van der Waals surface area contributed by atoms with E-state index in [1.807, 2.05) is 0 Å². The highest BCUT2D eigenvalue weighted by Gasteiger charge is 2.15. The van der Waals surface area contributed by atoms with E-state index in [4.69, 9.17) is 16.9 Å². The van der Waals surface area contributed by atoms with Crippen LogP contribution in [0.3, 0.4) is 0 Å². The second kappa shape index (κ2) is 3.32. The zero-order valence-corrected chi connectivity index (χ0v) is 8.22. The Morgan fingerprint density at radius 3 is 2.54 bits per heavy atom. The third kappa shape index (κ3) is 1.97. The number of hydrogen-bond acceptors (Lipinski definition) is 4. The Labute approximate surface area is 80.7 Å². The highest BCUT2D eigenvalue weighted by molar-refractivity contribution is 7.90. The largest absolute Gasteiger partial charge is 0.262 e. The fraction of sp³-hybridized carbons (Fsp3) is 0.143. The van der Waals surface area contributed by atoms with Gasteiger partial charge in [-0.1, -0.05) is 11.6 Å². The quantitative estimate of drug-likeness (QED) is 0.703. The summed E-state index contributed by atoms with van der Waals surface area (Å²) in [6, 6.07) is 1.72. The number of sulfone groups is 1. The fourth-order valence-electron chi connectivity index (χ4n) is 0.807. The predicted octanol–water partition coefficient (Wildman–Crippen LogP) is 1.01. The third-order valence-corrected chi connectivity index (χ3v) is 2.77. The van der Waals surface area contributed by atoms with Crippen LogP contribution in [0.1, 0.15) is 5.56 Å². The van der Waals surface area contributed by atoms with Crippen LogP contribution in [0.15, 0.2) is 17.3 Å². The maximum Gasteiger partial charge on any atom is 0.178 e. The molecule has 1 heterocycles. The number of nitriles is 1. The average Bonchev–Trinajstić information content (AvgIpc) is 2.02. The Kier molecular flexibility index (Phi) is 2.55. The number of rotatable bonds is 1. The minimum atomic E-state index is -3.44. The molecule has 1 aromatic heterocycles. The first-order chi connectivity index (χ1) is 5.96. The molecule has 6 heteroatoms. The standard InChI is InChI=1S/C7H5ClN2O2S/c1-13(11,12)7-4-10-3-6(8)5(7)2-9/h3-4H,1H3. The minimum Gasteiger partial charge on any atom is -0.262 e. The van der Waals surface area contributed by atoms with E-state index in [0.29, 0.717) is 0 Å². The van der Waals surface area contributed by atoms with Gasteiger partial charge in [0.15, 0.2) is 9.84 Å². The van der Waals surface area contributed by atoms with Crippen LogP contribution in [0.25, 0.3) is 0 Å². The molecule has 0 saturated heterocycles. The molecule has 68 valence electrons. The highest BCUT2D eigenvalue weighted by Crippen LogP contribution is 2.20. The van der Waals surface area contributed by atoms with Crippen molar-refractivity contribution in [3.8, 4) is 6.07 Å². The normalized spacial score (nSPS) is 10.8. The summed E-state index contributed by atoms with van der Waals surface area (Å²) in [5.41, 5.74) is -0.0563. The highest BCUT2D eigenvalue weighted by atomic mass is 35.5. The molecule has 0 N–H and O–H groups in total. The van der Waals surface area contributed by atoms with Gasteiger partial charge in [0.25, 0.3) is 0 Å². The molecule has 0 unspecified atom stereocenters. The molecule has 0 amide bonds. The summed E-state index contributed by atoms with van der Waals surface area (Å²) in [7, 11) is -3.44. The van der Waals surface area contributed by atoms with E-state index in [0.717, 1.165) is 12.5 Å². The number of pyridine rings is 1. The monoisotopic (exact) mass is 216 g/mol. The summed E-state index contributed by atoms with van der Waals surface area (Å²) in [6.07, 6.45) is 3.34. The smallest absolute Gasteiger partial charge is 0.178 e. The molecule has 0 aliphatic carbocycles. The lowest BCUT2D eigenvalue weighted by Crippen LogP contribution is -2.01. The average molecular weight is 217 g/mol. The maximum atomic E-state index is 11.1. The van der Waals surface area contributed by atoms with E-state index in [1.165, 1.54) is 6.20 Å². The van der Waals surface area contributed by atoms with Gasteiger partial charge in [-0.3, -0.25) is 4.98 Å². The Morgan fingerprint density at radius 2 is 2.15 bits per heavy atom. The molecule has 0 atom stereocenters. The van der Waals surface area contributed by atoms with Gasteiger partial charge in [0, 0.05) is 18.6 Å². The molecular formula is C7H5ClN2O2S. The molecule has 0 aromatic carbocycles. The second-order valence-corrected chi connectivity index (χ2v) is 4.77. The fourth-order valence-corrected chi connectivity index (χ4v) is 1.84. The van der Waals surface area contributed by atoms with Gasteiger partial charge in [0.2, 0.25) is 0 Å². The predicted molar refractivity (Wildman–Crippen MR) is 47.1 cm³/mol. The summed E-state index contributed by atoms with van der Waals surface area (Å²) in [6.45, 7) is 0. The summed E-state index contributed by atoms with van der Waals surface area (Å²) in [5.74, 6) is 0. The Morgan fingerprint density at radius 1 is 1.54 bits per heavy atom. The SMILES string of the molecule is CS(=O)(=O)c1cncc(Cl)c1C#N. The first kappa shape index (κ1) is 9.96. The van der Waals surface area contributed by atoms with Crippen molar-refractivity contribution in [3.05, 3.63) is 23.0 Å². The number of aromatic nitrogens is 1. The molecule has 0 aliphatic heterocycles. The summed E-state index contributed by atoms with van der Waals surface area (Å²) < 4.78 is 22.2. The summed E-state index contributed by atoms with van der Waals surface area (Å²) in [4.78, 5) is 3.46. The third-order valence-electron chi connectivity index (χ3n) is 1.38. The van der Waals surface area contributed by atoms with Gasteiger partial charge in [-0.25, -0.2) is 8.42 Å². The number of hydrogen-bond donors (Lipinski definition) is 0. The van der Waals surface area contributed by atoms with Crippen LogP contribution in [0, 0.1) is 11.3 Å². The minimum absolute atomic E-state index is 0.0467. The van der Waals surface area contributed by atoms with Gasteiger partial charge >= 0.3 is 0 Å². The van der Waals surface area contributed by atoms with Crippen LogP contribution in [-0.2, 0) is 9.84 Å². The molecule has 1 aromatic rings. The second-order valence-electron chi connectivity index (χ2n) is 2.38. The van der Waals surface area contributed by atoms with E-state index >= 15 is 0 Å². The molecule has 0 saturated carbocycles. The van der Waals surface area contributed by atoms with Crippen LogP contribution in [0.4, 0.5) is 0 Å². The van der Waals surface area contributed by atoms with Crippen molar-refractivity contribution < 1.29 is 8.42 Å². The lowest BCUT2D eigenvalue weighted by molar-refractivity contribution is 0.601. The van der Waals surface area contributed by atoms with Crippen molar-refractivity contribution in [2.75, 3.05) is 6.26 Å². The molecule has 0 radical (unpaired) electrons. The summed E-state index contributed by atoms with van der Waals surface area (Å²) in [5, 5.41) is 8.68. The zero-order valence-electron chi connectivity index (χ0n) is 6.65. The van der Waals surface area contributed by atoms with E-state index < -0.39 is 9.84 Å². The molecule has 1 rings (SSSR count). The molecule has 13 heavy (non-hydrogen) atoms. The Hall–Kier alpha value is -1.12. The van der Waals surface area contributed by atoms with Crippen LogP contribution in [-0.4, -0.2) is 19.7 Å². The van der Waals surface area contributed by atoms with Gasteiger partial charge in [0.1, 0.15) is 11.0 Å². The zero-order chi connectivity index (χ0) is 10.1. The van der Waals surface area contributed by atoms with Gasteiger partial charge in [-0.2, -0.15) is 5.26 Å². The number of nitrogens with zero attached hydrogens (tertiary/aromatic N) is 2. The Balaban J connectivity index is 3.59. The number of halogens is 1. The van der Waals surface area contributed by atoms with Gasteiger partial charge in [-0.05, 0) is 0 Å². The maximum absolute atomic E-state index is 11.1. The van der Waals surface area contributed by atoms with E-state index in [2.05, 4.69) is 4.98 Å². The van der Waals surface area contributed by atoms with Crippen molar-refractivity contribution in [2.24, 2.45) is 0 Å². The van der Waals surface area contributed by atoms with Gasteiger partial charge < -0.3 is 0 Å². The summed E-state index contributed by atoms with van der Waals surface area (Å²) >= 11 is 5.59. The molecule has 0 fully saturated rings. The van der Waals surface area contributed by atoms with Crippen molar-refractivity contribution in [3.63, 3.8) is 0 Å². The lowest BCUT2D eigenvalue weighted by atomic mass is 10.3. The molecule has 0 aliphatic rings. The van der Waals surface area contributed by atoms with Gasteiger partial charge in [0.05, 0.1) is 10.6 Å². The van der Waals surface area contributed by atoms with Crippen molar-refractivity contribution in [1.82, 2.24) is 4.98 Å². The van der Waals surface area contributed by atoms with E-state index in [1.54, 1.807) is 6.07 Å². The van der Waals surface area contributed by atoms with Crippen LogP contribution in [0.2, 0.25) is 5.02 Å². The van der Waals surface area contributed by atoms with Crippen LogP contribution >= 0.6 is 11.6 Å². The first-order valence-corrected chi connectivity index (χ1v) is 5.47. The molecule has 0 spiro atoms. The lowest BCUT2D eigenvalue weighted by Gasteiger charge is -2.00. The van der Waals surface area contributed by atoms with E-state index in [9.17, 15) is 8.42 Å².